The molecule has 8 heteroatoms. The zero-order valence-electron chi connectivity index (χ0n) is 13.1. The molecule has 0 atom stereocenters. The summed E-state index contributed by atoms with van der Waals surface area (Å²) in [6.45, 7) is 6.42. The lowest BCUT2D eigenvalue weighted by Crippen LogP contribution is -2.18. The number of aryl methyl sites for hydroxylation is 2. The van der Waals surface area contributed by atoms with Gasteiger partial charge >= 0.3 is 5.97 Å². The number of amides is 1. The lowest BCUT2D eigenvalue weighted by molar-refractivity contribution is 0.0527. The van der Waals surface area contributed by atoms with Crippen LogP contribution in [0.4, 0.5) is 5.82 Å². The van der Waals surface area contributed by atoms with Gasteiger partial charge in [-0.3, -0.25) is 14.2 Å². The fraction of sp³-hybridized carbons (Fsp3) is 0.429. The summed E-state index contributed by atoms with van der Waals surface area (Å²) in [6, 6.07) is 0. The van der Waals surface area contributed by atoms with E-state index in [1.54, 1.807) is 18.7 Å². The summed E-state index contributed by atoms with van der Waals surface area (Å²) < 4.78 is 8.10. The molecule has 2 heterocycles. The Morgan fingerprint density at radius 3 is 2.50 bits per heavy atom. The second-order valence-electron chi connectivity index (χ2n) is 4.66. The van der Waals surface area contributed by atoms with Gasteiger partial charge in [0.25, 0.3) is 5.91 Å². The van der Waals surface area contributed by atoms with E-state index in [9.17, 15) is 9.59 Å². The van der Waals surface area contributed by atoms with Gasteiger partial charge < -0.3 is 10.1 Å². The molecule has 2 aromatic heterocycles. The first-order valence-electron chi connectivity index (χ1n) is 7.02. The Bertz CT molecular complexity index is 701. The van der Waals surface area contributed by atoms with Crippen molar-refractivity contribution in [1.82, 2.24) is 19.6 Å². The van der Waals surface area contributed by atoms with E-state index in [4.69, 9.17) is 4.74 Å². The highest BCUT2D eigenvalue weighted by Gasteiger charge is 2.21. The zero-order valence-corrected chi connectivity index (χ0v) is 13.1. The Morgan fingerprint density at radius 2 is 1.91 bits per heavy atom. The normalized spacial score (nSPS) is 10.5. The molecule has 8 nitrogen and oxygen atoms in total. The third-order valence-corrected chi connectivity index (χ3v) is 3.31. The lowest BCUT2D eigenvalue weighted by Gasteiger charge is -2.08. The van der Waals surface area contributed by atoms with Gasteiger partial charge in [0.1, 0.15) is 11.4 Å². The molecular weight excluding hydrogens is 286 g/mol. The minimum absolute atomic E-state index is 0.221. The first-order valence-corrected chi connectivity index (χ1v) is 7.02. The number of esters is 1. The van der Waals surface area contributed by atoms with E-state index in [0.717, 1.165) is 5.69 Å². The largest absolute Gasteiger partial charge is 0.462 e. The van der Waals surface area contributed by atoms with E-state index < -0.39 is 5.97 Å². The van der Waals surface area contributed by atoms with E-state index in [-0.39, 0.29) is 18.1 Å². The smallest absolute Gasteiger partial charge is 0.343 e. The lowest BCUT2D eigenvalue weighted by atomic mass is 10.2. The molecule has 0 unspecified atom stereocenters. The summed E-state index contributed by atoms with van der Waals surface area (Å²) >= 11 is 0. The van der Waals surface area contributed by atoms with E-state index in [1.165, 1.54) is 17.1 Å². The van der Waals surface area contributed by atoms with Crippen LogP contribution in [-0.2, 0) is 18.3 Å². The molecule has 0 saturated heterocycles. The van der Waals surface area contributed by atoms with Crippen molar-refractivity contribution in [2.45, 2.75) is 27.3 Å². The molecule has 1 N–H and O–H groups in total. The maximum absolute atomic E-state index is 12.4. The molecule has 1 amide bonds. The van der Waals surface area contributed by atoms with Gasteiger partial charge in [-0.15, -0.1) is 0 Å². The highest BCUT2D eigenvalue weighted by Crippen LogP contribution is 2.17. The standard InChI is InChI=1S/C14H19N5O3/c1-5-19-9(3)10(7-16-19)13(20)17-12-11(8-15-18(12)4)14(21)22-6-2/h7-8H,5-6H2,1-4H3,(H,17,20). The maximum Gasteiger partial charge on any atom is 0.343 e. The summed E-state index contributed by atoms with van der Waals surface area (Å²) in [5.74, 6) is -0.565. The van der Waals surface area contributed by atoms with Gasteiger partial charge in [-0.1, -0.05) is 0 Å². The summed E-state index contributed by atoms with van der Waals surface area (Å²) in [5.41, 5.74) is 1.44. The van der Waals surface area contributed by atoms with Crippen LogP contribution >= 0.6 is 0 Å². The van der Waals surface area contributed by atoms with Crippen LogP contribution in [0.2, 0.25) is 0 Å². The number of anilines is 1. The Kier molecular flexibility index (Phi) is 4.59. The van der Waals surface area contributed by atoms with Gasteiger partial charge in [0.15, 0.2) is 0 Å². The molecular formula is C14H19N5O3. The predicted octanol–water partition coefficient (Wildman–Crippen LogP) is 1.37. The number of nitrogens with one attached hydrogen (secondary N) is 1. The molecule has 0 aromatic carbocycles. The van der Waals surface area contributed by atoms with Crippen molar-refractivity contribution in [1.29, 1.82) is 0 Å². The highest BCUT2D eigenvalue weighted by molar-refractivity contribution is 6.07. The molecule has 118 valence electrons. The van der Waals surface area contributed by atoms with E-state index in [2.05, 4.69) is 15.5 Å². The van der Waals surface area contributed by atoms with Crippen LogP contribution in [0.1, 0.15) is 40.3 Å². The van der Waals surface area contributed by atoms with Gasteiger partial charge in [-0.2, -0.15) is 10.2 Å². The highest BCUT2D eigenvalue weighted by atomic mass is 16.5. The van der Waals surface area contributed by atoms with Crippen LogP contribution in [0.15, 0.2) is 12.4 Å². The zero-order chi connectivity index (χ0) is 16.3. The Hall–Kier alpha value is -2.64. The number of rotatable bonds is 5. The minimum atomic E-state index is -0.521. The number of carbonyl (C=O) groups excluding carboxylic acids is 2. The van der Waals surface area contributed by atoms with Crippen molar-refractivity contribution in [2.75, 3.05) is 11.9 Å². The van der Waals surface area contributed by atoms with Crippen LogP contribution in [0.25, 0.3) is 0 Å². The first kappa shape index (κ1) is 15.7. The van der Waals surface area contributed by atoms with Crippen molar-refractivity contribution in [2.24, 2.45) is 7.05 Å². The van der Waals surface area contributed by atoms with Crippen molar-refractivity contribution in [3.63, 3.8) is 0 Å². The average Bonchev–Trinajstić information content (AvgIpc) is 3.03. The summed E-state index contributed by atoms with van der Waals surface area (Å²) in [5, 5.41) is 10.8. The monoisotopic (exact) mass is 305 g/mol. The second-order valence-corrected chi connectivity index (χ2v) is 4.66. The van der Waals surface area contributed by atoms with Gasteiger partial charge in [-0.25, -0.2) is 4.79 Å². The molecule has 0 aliphatic carbocycles. The van der Waals surface area contributed by atoms with Crippen LogP contribution in [0, 0.1) is 6.92 Å². The van der Waals surface area contributed by atoms with Crippen molar-refractivity contribution >= 4 is 17.7 Å². The van der Waals surface area contributed by atoms with Crippen molar-refractivity contribution in [3.05, 3.63) is 29.2 Å². The number of hydrogen-bond acceptors (Lipinski definition) is 5. The van der Waals surface area contributed by atoms with E-state index >= 15 is 0 Å². The Balaban J connectivity index is 2.27. The molecule has 0 bridgehead atoms. The number of carbonyl (C=O) groups is 2. The van der Waals surface area contributed by atoms with Crippen molar-refractivity contribution < 1.29 is 14.3 Å². The molecule has 22 heavy (non-hydrogen) atoms. The number of nitrogens with zero attached hydrogens (tertiary/aromatic N) is 4. The first-order chi connectivity index (χ1) is 10.5. The van der Waals surface area contributed by atoms with Crippen molar-refractivity contribution in [3.8, 4) is 0 Å². The summed E-state index contributed by atoms with van der Waals surface area (Å²) in [4.78, 5) is 24.3. The SMILES string of the molecule is CCOC(=O)c1cnn(C)c1NC(=O)c1cnn(CC)c1C. The molecule has 2 rings (SSSR count). The molecule has 0 saturated carbocycles. The summed E-state index contributed by atoms with van der Waals surface area (Å²) in [6.07, 6.45) is 2.88. The third-order valence-electron chi connectivity index (χ3n) is 3.31. The second kappa shape index (κ2) is 6.42. The van der Waals surface area contributed by atoms with Gasteiger partial charge in [0, 0.05) is 19.3 Å². The van der Waals surface area contributed by atoms with Crippen LogP contribution in [0.5, 0.6) is 0 Å². The summed E-state index contributed by atoms with van der Waals surface area (Å²) in [7, 11) is 1.64. The van der Waals surface area contributed by atoms with Crippen LogP contribution in [-0.4, -0.2) is 38.0 Å². The van der Waals surface area contributed by atoms with Gasteiger partial charge in [0.05, 0.1) is 24.6 Å². The molecule has 0 spiro atoms. The molecule has 0 aliphatic rings. The number of ether oxygens (including phenoxy) is 1. The van der Waals surface area contributed by atoms with Gasteiger partial charge in [0.2, 0.25) is 0 Å². The van der Waals surface area contributed by atoms with Crippen LogP contribution < -0.4 is 5.32 Å². The Morgan fingerprint density at radius 1 is 1.23 bits per heavy atom. The van der Waals surface area contributed by atoms with E-state index in [0.29, 0.717) is 17.9 Å². The fourth-order valence-corrected chi connectivity index (χ4v) is 2.11. The third kappa shape index (κ3) is 2.85. The number of aromatic nitrogens is 4. The Labute approximate surface area is 128 Å². The minimum Gasteiger partial charge on any atom is -0.462 e. The van der Waals surface area contributed by atoms with Crippen LogP contribution in [0.3, 0.4) is 0 Å². The molecule has 0 aliphatic heterocycles. The maximum atomic E-state index is 12.4. The molecule has 0 fully saturated rings. The number of hydrogen-bond donors (Lipinski definition) is 1. The predicted molar refractivity (Wildman–Crippen MR) is 79.8 cm³/mol. The van der Waals surface area contributed by atoms with Gasteiger partial charge in [-0.05, 0) is 20.8 Å². The average molecular weight is 305 g/mol. The fourth-order valence-electron chi connectivity index (χ4n) is 2.11. The molecule has 2 aromatic rings. The van der Waals surface area contributed by atoms with E-state index in [1.807, 2.05) is 13.8 Å². The quantitative estimate of drug-likeness (QED) is 0.843. The molecule has 0 radical (unpaired) electrons. The topological polar surface area (TPSA) is 91.0 Å².